The fourth-order valence-electron chi connectivity index (χ4n) is 1.76. The number of amides is 1. The summed E-state index contributed by atoms with van der Waals surface area (Å²) in [5.41, 5.74) is 0.795. The van der Waals surface area contributed by atoms with Crippen LogP contribution in [0.3, 0.4) is 0 Å². The van der Waals surface area contributed by atoms with Crippen molar-refractivity contribution in [2.45, 2.75) is 19.9 Å². The second-order valence-electron chi connectivity index (χ2n) is 4.10. The molecule has 7 heteroatoms. The molecule has 0 spiro atoms. The molecule has 0 unspecified atom stereocenters. The lowest BCUT2D eigenvalue weighted by Gasteiger charge is -2.06. The Morgan fingerprint density at radius 3 is 2.85 bits per heavy atom. The van der Waals surface area contributed by atoms with E-state index in [2.05, 4.69) is 4.99 Å². The van der Waals surface area contributed by atoms with Gasteiger partial charge in [-0.2, -0.15) is 4.99 Å². The first kappa shape index (κ1) is 15.5. The second kappa shape index (κ2) is 6.72. The summed E-state index contributed by atoms with van der Waals surface area (Å²) in [6, 6.07) is 3.63. The lowest BCUT2D eigenvalue weighted by Crippen LogP contribution is -2.19. The third-order valence-corrected chi connectivity index (χ3v) is 4.61. The van der Waals surface area contributed by atoms with Crippen molar-refractivity contribution >= 4 is 50.7 Å². The maximum Gasteiger partial charge on any atom is 0.248 e. The molecule has 20 heavy (non-hydrogen) atoms. The maximum absolute atomic E-state index is 11.6. The van der Waals surface area contributed by atoms with Gasteiger partial charge in [0.05, 0.1) is 26.9 Å². The average Bonchev–Trinajstić information content (AvgIpc) is 2.78. The summed E-state index contributed by atoms with van der Waals surface area (Å²) >= 11 is 13.8. The van der Waals surface area contributed by atoms with E-state index in [9.17, 15) is 4.79 Å². The van der Waals surface area contributed by atoms with Crippen LogP contribution in [0.1, 0.15) is 13.3 Å². The van der Waals surface area contributed by atoms with Gasteiger partial charge in [-0.15, -0.1) is 0 Å². The first-order chi connectivity index (χ1) is 9.58. The number of hydrogen-bond donors (Lipinski definition) is 0. The number of rotatable bonds is 4. The molecule has 0 saturated carbocycles. The normalized spacial score (nSPS) is 12.3. The average molecular weight is 333 g/mol. The highest BCUT2D eigenvalue weighted by atomic mass is 35.5. The number of thiazole rings is 1. The maximum atomic E-state index is 11.6. The molecule has 0 fully saturated rings. The van der Waals surface area contributed by atoms with Crippen molar-refractivity contribution in [3.05, 3.63) is 27.0 Å². The summed E-state index contributed by atoms with van der Waals surface area (Å²) in [7, 11) is 1.62. The van der Waals surface area contributed by atoms with E-state index in [1.165, 1.54) is 11.3 Å². The molecule has 2 rings (SSSR count). The molecule has 4 nitrogen and oxygen atoms in total. The highest BCUT2D eigenvalue weighted by molar-refractivity contribution is 7.16. The molecule has 0 bridgehead atoms. The van der Waals surface area contributed by atoms with Crippen LogP contribution in [0, 0.1) is 0 Å². The lowest BCUT2D eigenvalue weighted by molar-refractivity contribution is -0.117. The van der Waals surface area contributed by atoms with E-state index in [0.717, 1.165) is 10.2 Å². The van der Waals surface area contributed by atoms with Crippen molar-refractivity contribution in [2.75, 3.05) is 13.7 Å². The smallest absolute Gasteiger partial charge is 0.248 e. The minimum atomic E-state index is -0.162. The Kier molecular flexibility index (Phi) is 5.21. The number of halogens is 2. The minimum absolute atomic E-state index is 0.162. The third-order valence-electron chi connectivity index (χ3n) is 2.78. The van der Waals surface area contributed by atoms with Crippen LogP contribution in [0.15, 0.2) is 17.1 Å². The van der Waals surface area contributed by atoms with E-state index in [1.54, 1.807) is 20.1 Å². The zero-order valence-corrected chi connectivity index (χ0v) is 13.5. The van der Waals surface area contributed by atoms with Gasteiger partial charge in [0.1, 0.15) is 0 Å². The van der Waals surface area contributed by atoms with E-state index in [1.807, 2.05) is 10.6 Å². The van der Waals surface area contributed by atoms with Gasteiger partial charge in [0.15, 0.2) is 4.80 Å². The van der Waals surface area contributed by atoms with Gasteiger partial charge in [0.2, 0.25) is 5.91 Å². The molecular formula is C13H14Cl2N2O2S. The third kappa shape index (κ3) is 3.06. The monoisotopic (exact) mass is 332 g/mol. The number of hydrogen-bond acceptors (Lipinski definition) is 3. The number of methoxy groups -OCH3 is 1. The Morgan fingerprint density at radius 1 is 1.45 bits per heavy atom. The first-order valence-electron chi connectivity index (χ1n) is 6.12. The molecule has 0 radical (unpaired) electrons. The number of nitrogens with zero attached hydrogens (tertiary/aromatic N) is 2. The number of fused-ring (bicyclic) bond motifs is 1. The number of carbonyl (C=O) groups excluding carboxylic acids is 1. The predicted molar refractivity (Wildman–Crippen MR) is 82.6 cm³/mol. The summed E-state index contributed by atoms with van der Waals surface area (Å²) in [4.78, 5) is 16.3. The first-order valence-corrected chi connectivity index (χ1v) is 7.69. The predicted octanol–water partition coefficient (Wildman–Crippen LogP) is 3.49. The van der Waals surface area contributed by atoms with Crippen molar-refractivity contribution in [3.63, 3.8) is 0 Å². The molecule has 0 N–H and O–H groups in total. The van der Waals surface area contributed by atoms with Crippen LogP contribution in [0.2, 0.25) is 10.0 Å². The number of ether oxygens (including phenoxy) is 1. The van der Waals surface area contributed by atoms with E-state index >= 15 is 0 Å². The van der Waals surface area contributed by atoms with Crippen LogP contribution in [0.4, 0.5) is 0 Å². The van der Waals surface area contributed by atoms with Crippen molar-refractivity contribution < 1.29 is 9.53 Å². The van der Waals surface area contributed by atoms with Crippen molar-refractivity contribution in [2.24, 2.45) is 4.99 Å². The summed E-state index contributed by atoms with van der Waals surface area (Å²) in [6.07, 6.45) is 0.368. The molecule has 0 atom stereocenters. The van der Waals surface area contributed by atoms with E-state index in [-0.39, 0.29) is 5.91 Å². The fraction of sp³-hybridized carbons (Fsp3) is 0.385. The number of benzene rings is 1. The van der Waals surface area contributed by atoms with Crippen molar-refractivity contribution in [1.82, 2.24) is 4.57 Å². The van der Waals surface area contributed by atoms with Crippen LogP contribution in [-0.4, -0.2) is 24.2 Å². The number of aromatic nitrogens is 1. The second-order valence-corrected chi connectivity index (χ2v) is 5.89. The minimum Gasteiger partial charge on any atom is -0.383 e. The summed E-state index contributed by atoms with van der Waals surface area (Å²) in [5.74, 6) is -0.162. The van der Waals surface area contributed by atoms with Gasteiger partial charge >= 0.3 is 0 Å². The molecule has 1 amide bonds. The van der Waals surface area contributed by atoms with Crippen LogP contribution < -0.4 is 4.80 Å². The molecule has 108 valence electrons. The summed E-state index contributed by atoms with van der Waals surface area (Å²) < 4.78 is 7.92. The Morgan fingerprint density at radius 2 is 2.20 bits per heavy atom. The zero-order chi connectivity index (χ0) is 14.7. The fourth-order valence-corrected chi connectivity index (χ4v) is 3.32. The van der Waals surface area contributed by atoms with Gasteiger partial charge in [-0.1, -0.05) is 41.5 Å². The summed E-state index contributed by atoms with van der Waals surface area (Å²) in [6.45, 7) is 2.84. The van der Waals surface area contributed by atoms with Crippen LogP contribution in [0.25, 0.3) is 10.2 Å². The molecule has 0 aliphatic heterocycles. The molecule has 0 aliphatic carbocycles. The number of carbonyl (C=O) groups is 1. The highest BCUT2D eigenvalue weighted by Crippen LogP contribution is 2.32. The Hall–Kier alpha value is -0.880. The molecule has 1 heterocycles. The van der Waals surface area contributed by atoms with Gasteiger partial charge < -0.3 is 9.30 Å². The molecule has 1 aromatic heterocycles. The van der Waals surface area contributed by atoms with Crippen LogP contribution in [0.5, 0.6) is 0 Å². The molecule has 0 aliphatic rings. The zero-order valence-electron chi connectivity index (χ0n) is 11.2. The largest absolute Gasteiger partial charge is 0.383 e. The SMILES string of the molecule is CCC(=O)N=c1sc2ccc(Cl)c(Cl)c2n1CCOC. The molecule has 2 aromatic rings. The van der Waals surface area contributed by atoms with Gasteiger partial charge in [-0.3, -0.25) is 4.79 Å². The van der Waals surface area contributed by atoms with Crippen LogP contribution in [-0.2, 0) is 16.1 Å². The van der Waals surface area contributed by atoms with Gasteiger partial charge in [0.25, 0.3) is 0 Å². The Balaban J connectivity index is 2.71. The van der Waals surface area contributed by atoms with Crippen molar-refractivity contribution in [1.29, 1.82) is 0 Å². The van der Waals surface area contributed by atoms with Gasteiger partial charge in [-0.25, -0.2) is 0 Å². The standard InChI is InChI=1S/C13H14Cl2N2O2S/c1-3-10(18)16-13-17(6-7-19-2)12-9(20-13)5-4-8(14)11(12)15/h4-5H,3,6-7H2,1-2H3. The van der Waals surface area contributed by atoms with E-state index in [4.69, 9.17) is 27.9 Å². The molecule has 1 aromatic carbocycles. The quantitative estimate of drug-likeness (QED) is 0.860. The van der Waals surface area contributed by atoms with Gasteiger partial charge in [-0.05, 0) is 12.1 Å². The van der Waals surface area contributed by atoms with E-state index in [0.29, 0.717) is 34.4 Å². The lowest BCUT2D eigenvalue weighted by atomic mass is 10.3. The topological polar surface area (TPSA) is 43.6 Å². The van der Waals surface area contributed by atoms with Gasteiger partial charge in [0, 0.05) is 20.1 Å². The Bertz CT molecular complexity index is 706. The van der Waals surface area contributed by atoms with Crippen molar-refractivity contribution in [3.8, 4) is 0 Å². The molecular weight excluding hydrogens is 319 g/mol. The summed E-state index contributed by atoms with van der Waals surface area (Å²) in [5, 5.41) is 0.957. The Labute approximate surface area is 130 Å². The molecule has 0 saturated heterocycles. The highest BCUT2D eigenvalue weighted by Gasteiger charge is 2.13. The van der Waals surface area contributed by atoms with E-state index < -0.39 is 0 Å². The van der Waals surface area contributed by atoms with Crippen LogP contribution >= 0.6 is 34.5 Å².